The van der Waals surface area contributed by atoms with Gasteiger partial charge in [-0.2, -0.15) is 5.26 Å². The van der Waals surface area contributed by atoms with E-state index in [1.165, 1.54) is 5.56 Å². The molecule has 0 saturated carbocycles. The van der Waals surface area contributed by atoms with Crippen LogP contribution in [-0.4, -0.2) is 5.11 Å². The van der Waals surface area contributed by atoms with Crippen molar-refractivity contribution < 1.29 is 5.11 Å². The maximum absolute atomic E-state index is 9.78. The van der Waals surface area contributed by atoms with Crippen molar-refractivity contribution in [1.29, 1.82) is 5.26 Å². The molecule has 0 aliphatic heterocycles. The third-order valence-corrected chi connectivity index (χ3v) is 3.51. The highest BCUT2D eigenvalue weighted by atomic mass is 16.3. The van der Waals surface area contributed by atoms with E-state index in [1.54, 1.807) is 6.07 Å². The van der Waals surface area contributed by atoms with Crippen LogP contribution < -0.4 is 0 Å². The van der Waals surface area contributed by atoms with Crippen molar-refractivity contribution >= 4 is 0 Å². The predicted molar refractivity (Wildman–Crippen MR) is 69.9 cm³/mol. The molecule has 0 amide bonds. The average Bonchev–Trinajstić information content (AvgIpc) is 2.80. The third kappa shape index (κ3) is 1.79. The lowest BCUT2D eigenvalue weighted by Crippen LogP contribution is -1.90. The van der Waals surface area contributed by atoms with E-state index in [0.717, 1.165) is 29.5 Å². The van der Waals surface area contributed by atoms with Crippen LogP contribution in [0.2, 0.25) is 0 Å². The van der Waals surface area contributed by atoms with E-state index in [4.69, 9.17) is 5.26 Å². The second-order valence-corrected chi connectivity index (χ2v) is 4.66. The van der Waals surface area contributed by atoms with Gasteiger partial charge in [0, 0.05) is 0 Å². The minimum absolute atomic E-state index is 0.306. The van der Waals surface area contributed by atoms with Gasteiger partial charge < -0.3 is 5.11 Å². The van der Waals surface area contributed by atoms with Crippen molar-refractivity contribution in [2.24, 2.45) is 0 Å². The summed E-state index contributed by atoms with van der Waals surface area (Å²) >= 11 is 0. The molecule has 0 aromatic heterocycles. The standard InChI is InChI=1S/C16H13NO/c17-10-11-2-1-3-12(8-11)13-4-6-15-14(9-13)5-7-16(15)18/h1-4,6,8-9,16,18H,5,7H2. The normalized spacial score (nSPS) is 17.2. The predicted octanol–water partition coefficient (Wildman–Crippen LogP) is 3.20. The summed E-state index contributed by atoms with van der Waals surface area (Å²) in [7, 11) is 0. The lowest BCUT2D eigenvalue weighted by molar-refractivity contribution is 0.180. The molecule has 2 aromatic rings. The van der Waals surface area contributed by atoms with Crippen molar-refractivity contribution in [1.82, 2.24) is 0 Å². The van der Waals surface area contributed by atoms with Gasteiger partial charge in [0.2, 0.25) is 0 Å². The molecule has 1 atom stereocenters. The molecule has 0 fully saturated rings. The molecule has 2 aromatic carbocycles. The average molecular weight is 235 g/mol. The minimum atomic E-state index is -0.306. The first-order valence-corrected chi connectivity index (χ1v) is 6.09. The van der Waals surface area contributed by atoms with Crippen LogP contribution in [0.1, 0.15) is 29.2 Å². The van der Waals surface area contributed by atoms with Crippen LogP contribution in [0, 0.1) is 11.3 Å². The Bertz CT molecular complexity index is 640. The second kappa shape index (κ2) is 4.29. The van der Waals surface area contributed by atoms with Crippen LogP contribution >= 0.6 is 0 Å². The lowest BCUT2D eigenvalue weighted by atomic mass is 9.99. The quantitative estimate of drug-likeness (QED) is 0.824. The molecule has 0 saturated heterocycles. The molecule has 1 aliphatic rings. The smallest absolute Gasteiger partial charge is 0.0991 e. The highest BCUT2D eigenvalue weighted by Gasteiger charge is 2.20. The lowest BCUT2D eigenvalue weighted by Gasteiger charge is -2.07. The summed E-state index contributed by atoms with van der Waals surface area (Å²) in [5.74, 6) is 0. The first-order chi connectivity index (χ1) is 8.78. The number of aryl methyl sites for hydroxylation is 1. The summed E-state index contributed by atoms with van der Waals surface area (Å²) < 4.78 is 0. The number of hydrogen-bond acceptors (Lipinski definition) is 2. The van der Waals surface area contributed by atoms with Crippen LogP contribution in [0.15, 0.2) is 42.5 Å². The van der Waals surface area contributed by atoms with Gasteiger partial charge in [-0.1, -0.05) is 30.3 Å². The molecule has 1 unspecified atom stereocenters. The van der Waals surface area contributed by atoms with E-state index in [2.05, 4.69) is 12.1 Å². The molecule has 0 heterocycles. The maximum atomic E-state index is 9.78. The molecule has 2 nitrogen and oxygen atoms in total. The second-order valence-electron chi connectivity index (χ2n) is 4.66. The van der Waals surface area contributed by atoms with Crippen molar-refractivity contribution in [3.05, 3.63) is 59.2 Å². The van der Waals surface area contributed by atoms with Crippen molar-refractivity contribution in [3.8, 4) is 17.2 Å². The van der Waals surface area contributed by atoms with Crippen LogP contribution in [0.5, 0.6) is 0 Å². The van der Waals surface area contributed by atoms with E-state index in [-0.39, 0.29) is 6.10 Å². The summed E-state index contributed by atoms with van der Waals surface area (Å²) in [6.07, 6.45) is 1.44. The zero-order valence-corrected chi connectivity index (χ0v) is 9.93. The summed E-state index contributed by atoms with van der Waals surface area (Å²) in [6.45, 7) is 0. The van der Waals surface area contributed by atoms with Crippen LogP contribution in [0.3, 0.4) is 0 Å². The van der Waals surface area contributed by atoms with E-state index in [1.807, 2.05) is 30.3 Å². The first kappa shape index (κ1) is 11.0. The highest BCUT2D eigenvalue weighted by Crippen LogP contribution is 2.34. The highest BCUT2D eigenvalue weighted by molar-refractivity contribution is 5.67. The number of benzene rings is 2. The van der Waals surface area contributed by atoms with Gasteiger partial charge in [-0.15, -0.1) is 0 Å². The van der Waals surface area contributed by atoms with Gasteiger partial charge in [0.15, 0.2) is 0 Å². The van der Waals surface area contributed by atoms with Gasteiger partial charge in [0.25, 0.3) is 0 Å². The fourth-order valence-electron chi connectivity index (χ4n) is 2.54. The Morgan fingerprint density at radius 1 is 1.11 bits per heavy atom. The summed E-state index contributed by atoms with van der Waals surface area (Å²) in [5.41, 5.74) is 5.11. The van der Waals surface area contributed by atoms with E-state index in [9.17, 15) is 5.11 Å². The molecule has 1 N–H and O–H groups in total. The van der Waals surface area contributed by atoms with Crippen LogP contribution in [0.4, 0.5) is 0 Å². The van der Waals surface area contributed by atoms with Crippen molar-refractivity contribution in [2.45, 2.75) is 18.9 Å². The van der Waals surface area contributed by atoms with E-state index >= 15 is 0 Å². The molecule has 18 heavy (non-hydrogen) atoms. The van der Waals surface area contributed by atoms with Gasteiger partial charge in [-0.25, -0.2) is 0 Å². The topological polar surface area (TPSA) is 44.0 Å². The zero-order chi connectivity index (χ0) is 12.5. The number of fused-ring (bicyclic) bond motifs is 1. The number of aliphatic hydroxyl groups excluding tert-OH is 1. The van der Waals surface area contributed by atoms with E-state index in [0.29, 0.717) is 5.56 Å². The molecule has 2 heteroatoms. The number of nitriles is 1. The minimum Gasteiger partial charge on any atom is -0.388 e. The molecule has 1 aliphatic carbocycles. The van der Waals surface area contributed by atoms with Gasteiger partial charge in [-0.3, -0.25) is 0 Å². The molecular weight excluding hydrogens is 222 g/mol. The molecule has 0 spiro atoms. The first-order valence-electron chi connectivity index (χ1n) is 6.09. The Hall–Kier alpha value is -2.11. The maximum Gasteiger partial charge on any atom is 0.0991 e. The molecule has 88 valence electrons. The Labute approximate surface area is 106 Å². The monoisotopic (exact) mass is 235 g/mol. The van der Waals surface area contributed by atoms with Crippen molar-refractivity contribution in [3.63, 3.8) is 0 Å². The Morgan fingerprint density at radius 3 is 2.78 bits per heavy atom. The molecule has 0 bridgehead atoms. The van der Waals surface area contributed by atoms with Gasteiger partial charge in [0.05, 0.1) is 17.7 Å². The Morgan fingerprint density at radius 2 is 1.94 bits per heavy atom. The van der Waals surface area contributed by atoms with Crippen LogP contribution in [0.25, 0.3) is 11.1 Å². The number of hydrogen-bond donors (Lipinski definition) is 1. The van der Waals surface area contributed by atoms with Crippen LogP contribution in [-0.2, 0) is 6.42 Å². The zero-order valence-electron chi connectivity index (χ0n) is 9.93. The molecular formula is C16H13NO. The Balaban J connectivity index is 2.05. The SMILES string of the molecule is N#Cc1cccc(-c2ccc3c(c2)CCC3O)c1. The summed E-state index contributed by atoms with van der Waals surface area (Å²) in [4.78, 5) is 0. The number of aliphatic hydroxyl groups is 1. The molecule has 0 radical (unpaired) electrons. The van der Waals surface area contributed by atoms with Gasteiger partial charge in [0.1, 0.15) is 0 Å². The Kier molecular flexibility index (Phi) is 2.62. The van der Waals surface area contributed by atoms with E-state index < -0.39 is 0 Å². The number of rotatable bonds is 1. The fourth-order valence-corrected chi connectivity index (χ4v) is 2.54. The summed E-state index contributed by atoms with van der Waals surface area (Å²) in [6, 6.07) is 15.9. The number of nitrogens with zero attached hydrogens (tertiary/aromatic N) is 1. The largest absolute Gasteiger partial charge is 0.388 e. The van der Waals surface area contributed by atoms with Gasteiger partial charge in [-0.05, 0) is 47.2 Å². The summed E-state index contributed by atoms with van der Waals surface area (Å²) in [5, 5.41) is 18.7. The van der Waals surface area contributed by atoms with Crippen molar-refractivity contribution in [2.75, 3.05) is 0 Å². The van der Waals surface area contributed by atoms with Gasteiger partial charge >= 0.3 is 0 Å². The molecule has 3 rings (SSSR count). The third-order valence-electron chi connectivity index (χ3n) is 3.51. The fraction of sp³-hybridized carbons (Fsp3) is 0.188.